The van der Waals surface area contributed by atoms with Crippen molar-refractivity contribution in [2.75, 3.05) is 13.1 Å². The van der Waals surface area contributed by atoms with Gasteiger partial charge in [0.25, 0.3) is 5.91 Å². The van der Waals surface area contributed by atoms with Crippen LogP contribution in [0.25, 0.3) is 0 Å². The Balaban J connectivity index is 1.95. The van der Waals surface area contributed by atoms with E-state index < -0.39 is 28.9 Å². The van der Waals surface area contributed by atoms with Crippen molar-refractivity contribution in [3.8, 4) is 0 Å². The highest BCUT2D eigenvalue weighted by Crippen LogP contribution is 2.20. The van der Waals surface area contributed by atoms with Crippen molar-refractivity contribution in [1.29, 1.82) is 0 Å². The van der Waals surface area contributed by atoms with Gasteiger partial charge in [0, 0.05) is 25.0 Å². The molecule has 0 atom stereocenters. The third-order valence-corrected chi connectivity index (χ3v) is 4.75. The second kappa shape index (κ2) is 8.36. The van der Waals surface area contributed by atoms with Crippen LogP contribution in [-0.4, -0.2) is 35.8 Å². The van der Waals surface area contributed by atoms with Crippen molar-refractivity contribution >= 4 is 11.8 Å². The van der Waals surface area contributed by atoms with Crippen LogP contribution in [0.5, 0.6) is 0 Å². The summed E-state index contributed by atoms with van der Waals surface area (Å²) in [6.45, 7) is 4.58. The van der Waals surface area contributed by atoms with Gasteiger partial charge in [0.1, 0.15) is 0 Å². The van der Waals surface area contributed by atoms with Crippen molar-refractivity contribution in [3.63, 3.8) is 0 Å². The number of carbonyl (C=O) groups is 2. The van der Waals surface area contributed by atoms with Gasteiger partial charge in [-0.25, -0.2) is 13.2 Å². The van der Waals surface area contributed by atoms with E-state index in [9.17, 15) is 22.8 Å². The number of hydrogen-bond donors (Lipinski definition) is 1. The van der Waals surface area contributed by atoms with E-state index in [-0.39, 0.29) is 17.9 Å². The fraction of sp³-hybridized carbons (Fsp3) is 0.556. The molecule has 2 amide bonds. The first-order valence-corrected chi connectivity index (χ1v) is 8.62. The normalized spacial score (nSPS) is 15.5. The third kappa shape index (κ3) is 4.32. The first-order valence-electron chi connectivity index (χ1n) is 8.62. The highest BCUT2D eigenvalue weighted by molar-refractivity contribution is 5.94. The van der Waals surface area contributed by atoms with Crippen molar-refractivity contribution in [3.05, 3.63) is 35.1 Å². The molecule has 2 rings (SSSR count). The fourth-order valence-electron chi connectivity index (χ4n) is 3.07. The summed E-state index contributed by atoms with van der Waals surface area (Å²) >= 11 is 0. The average molecular weight is 356 g/mol. The van der Waals surface area contributed by atoms with Crippen LogP contribution in [0, 0.1) is 23.4 Å². The van der Waals surface area contributed by atoms with Gasteiger partial charge in [0.2, 0.25) is 5.91 Å². The van der Waals surface area contributed by atoms with Crippen molar-refractivity contribution < 1.29 is 22.8 Å². The van der Waals surface area contributed by atoms with E-state index in [1.54, 1.807) is 0 Å². The highest BCUT2D eigenvalue weighted by atomic mass is 19.2. The number of nitrogens with zero attached hydrogens (tertiary/aromatic N) is 1. The van der Waals surface area contributed by atoms with E-state index in [4.69, 9.17) is 0 Å². The number of hydrogen-bond acceptors (Lipinski definition) is 2. The molecule has 7 heteroatoms. The summed E-state index contributed by atoms with van der Waals surface area (Å²) in [6, 6.07) is 1.66. The molecule has 1 saturated heterocycles. The van der Waals surface area contributed by atoms with Crippen LogP contribution in [0.3, 0.4) is 0 Å². The van der Waals surface area contributed by atoms with Gasteiger partial charge >= 0.3 is 0 Å². The van der Waals surface area contributed by atoms with E-state index in [1.165, 1.54) is 4.90 Å². The van der Waals surface area contributed by atoms with E-state index in [0.29, 0.717) is 25.9 Å². The first-order chi connectivity index (χ1) is 11.9. The van der Waals surface area contributed by atoms with E-state index in [0.717, 1.165) is 25.0 Å². The van der Waals surface area contributed by atoms with Gasteiger partial charge < -0.3 is 10.2 Å². The van der Waals surface area contributed by atoms with E-state index >= 15 is 0 Å². The monoisotopic (exact) mass is 356 g/mol. The average Bonchev–Trinajstić information content (AvgIpc) is 2.61. The first kappa shape index (κ1) is 19.3. The van der Waals surface area contributed by atoms with Gasteiger partial charge in [-0.2, -0.15) is 0 Å². The number of rotatable bonds is 5. The van der Waals surface area contributed by atoms with Crippen LogP contribution < -0.4 is 5.32 Å². The Morgan fingerprint density at radius 3 is 2.28 bits per heavy atom. The summed E-state index contributed by atoms with van der Waals surface area (Å²) in [5, 5.41) is 2.99. The summed E-state index contributed by atoms with van der Waals surface area (Å²) in [5.41, 5.74) is -0.474. The second-order valence-electron chi connectivity index (χ2n) is 6.31. The molecule has 1 aliphatic rings. The number of benzene rings is 1. The minimum atomic E-state index is -1.64. The number of nitrogens with one attached hydrogen (secondary N) is 1. The Morgan fingerprint density at radius 2 is 1.72 bits per heavy atom. The smallest absolute Gasteiger partial charge is 0.256 e. The minimum absolute atomic E-state index is 0.0152. The van der Waals surface area contributed by atoms with Crippen LogP contribution in [0.2, 0.25) is 0 Å². The molecule has 4 nitrogen and oxygen atoms in total. The van der Waals surface area contributed by atoms with Crippen LogP contribution in [0.4, 0.5) is 13.2 Å². The highest BCUT2D eigenvalue weighted by Gasteiger charge is 2.28. The molecule has 1 N–H and O–H groups in total. The Morgan fingerprint density at radius 1 is 1.12 bits per heavy atom. The number of likely N-dealkylation sites (tertiary alicyclic amines) is 1. The lowest BCUT2D eigenvalue weighted by molar-refractivity contribution is -0.126. The number of piperidine rings is 1. The number of amides is 2. The molecule has 0 bridgehead atoms. The quantitative estimate of drug-likeness (QED) is 0.824. The van der Waals surface area contributed by atoms with Gasteiger partial charge in [-0.05, 0) is 37.8 Å². The lowest BCUT2D eigenvalue weighted by Crippen LogP contribution is -2.48. The predicted molar refractivity (Wildman–Crippen MR) is 87.5 cm³/mol. The maximum Gasteiger partial charge on any atom is 0.256 e. The molecule has 1 aromatic rings. The molecule has 1 heterocycles. The third-order valence-electron chi connectivity index (χ3n) is 4.75. The van der Waals surface area contributed by atoms with Gasteiger partial charge in [-0.1, -0.05) is 13.8 Å². The lowest BCUT2D eigenvalue weighted by atomic mass is 9.99. The predicted octanol–water partition coefficient (Wildman–Crippen LogP) is 3.26. The molecular weight excluding hydrogens is 333 g/mol. The Labute approximate surface area is 145 Å². The molecule has 0 unspecified atom stereocenters. The topological polar surface area (TPSA) is 49.4 Å². The van der Waals surface area contributed by atoms with Crippen LogP contribution in [0.1, 0.15) is 49.9 Å². The summed E-state index contributed by atoms with van der Waals surface area (Å²) in [5.74, 6) is -5.09. The fourth-order valence-corrected chi connectivity index (χ4v) is 3.07. The Kier molecular flexibility index (Phi) is 6.45. The van der Waals surface area contributed by atoms with Crippen molar-refractivity contribution in [2.24, 2.45) is 5.92 Å². The lowest BCUT2D eigenvalue weighted by Gasteiger charge is -2.33. The molecule has 1 aromatic carbocycles. The molecule has 0 aliphatic carbocycles. The second-order valence-corrected chi connectivity index (χ2v) is 6.31. The minimum Gasteiger partial charge on any atom is -0.353 e. The maximum atomic E-state index is 13.8. The Hall–Kier alpha value is -2.05. The summed E-state index contributed by atoms with van der Waals surface area (Å²) < 4.78 is 40.0. The van der Waals surface area contributed by atoms with E-state index in [2.05, 4.69) is 5.32 Å². The van der Waals surface area contributed by atoms with Gasteiger partial charge in [-0.3, -0.25) is 9.59 Å². The van der Waals surface area contributed by atoms with Crippen molar-refractivity contribution in [2.45, 2.75) is 45.6 Å². The van der Waals surface area contributed by atoms with Crippen LogP contribution in [0.15, 0.2) is 12.1 Å². The standard InChI is InChI=1S/C18H23F3N2O2/c1-3-11(4-2)17(24)22-12-7-9-23(10-8-12)18(25)13-5-6-14(19)16(21)15(13)20/h5-6,11-12H,3-4,7-10H2,1-2H3,(H,22,24). The van der Waals surface area contributed by atoms with E-state index in [1.807, 2.05) is 13.8 Å². The largest absolute Gasteiger partial charge is 0.353 e. The summed E-state index contributed by atoms with van der Waals surface area (Å²) in [4.78, 5) is 25.8. The molecule has 138 valence electrons. The zero-order chi connectivity index (χ0) is 18.6. The van der Waals surface area contributed by atoms with Crippen molar-refractivity contribution in [1.82, 2.24) is 10.2 Å². The van der Waals surface area contributed by atoms with Gasteiger partial charge in [0.15, 0.2) is 17.5 Å². The molecule has 25 heavy (non-hydrogen) atoms. The zero-order valence-electron chi connectivity index (χ0n) is 14.4. The molecule has 0 spiro atoms. The van der Waals surface area contributed by atoms with Crippen LogP contribution >= 0.6 is 0 Å². The SMILES string of the molecule is CCC(CC)C(=O)NC1CCN(C(=O)c2ccc(F)c(F)c2F)CC1. The molecular formula is C18H23F3N2O2. The maximum absolute atomic E-state index is 13.8. The molecule has 0 radical (unpaired) electrons. The number of carbonyl (C=O) groups excluding carboxylic acids is 2. The summed E-state index contributed by atoms with van der Waals surface area (Å²) in [7, 11) is 0. The molecule has 0 saturated carbocycles. The zero-order valence-corrected chi connectivity index (χ0v) is 14.4. The van der Waals surface area contributed by atoms with Gasteiger partial charge in [-0.15, -0.1) is 0 Å². The molecule has 1 aliphatic heterocycles. The molecule has 1 fully saturated rings. The van der Waals surface area contributed by atoms with Gasteiger partial charge in [0.05, 0.1) is 5.56 Å². The summed E-state index contributed by atoms with van der Waals surface area (Å²) in [6.07, 6.45) is 2.63. The Bertz CT molecular complexity index is 639. The van der Waals surface area contributed by atoms with Crippen LogP contribution in [-0.2, 0) is 4.79 Å². The number of halogens is 3. The molecule has 0 aromatic heterocycles.